The smallest absolute Gasteiger partial charge is 0.317 e. The standard InChI is InChI=1S/C18H27F2N3O/c1-2-23(13-5-12-22-10-3-4-11-22)18(24)21-9-8-15-14-16(19)6-7-17(15)20/h6-7,14H,2-5,8-13H2,1H3,(H,21,24). The van der Waals surface area contributed by atoms with Gasteiger partial charge in [-0.2, -0.15) is 0 Å². The molecule has 0 unspecified atom stereocenters. The lowest BCUT2D eigenvalue weighted by Crippen LogP contribution is -2.42. The first-order valence-electron chi connectivity index (χ1n) is 8.79. The van der Waals surface area contributed by atoms with Crippen molar-refractivity contribution in [2.75, 3.05) is 39.3 Å². The van der Waals surface area contributed by atoms with Crippen LogP contribution in [0.2, 0.25) is 0 Å². The van der Waals surface area contributed by atoms with E-state index in [1.807, 2.05) is 6.92 Å². The van der Waals surface area contributed by atoms with Gasteiger partial charge in [0.15, 0.2) is 0 Å². The Labute approximate surface area is 142 Å². The molecule has 1 N–H and O–H groups in total. The fourth-order valence-corrected chi connectivity index (χ4v) is 3.05. The van der Waals surface area contributed by atoms with E-state index in [9.17, 15) is 13.6 Å². The highest BCUT2D eigenvalue weighted by molar-refractivity contribution is 5.74. The summed E-state index contributed by atoms with van der Waals surface area (Å²) in [7, 11) is 0. The number of benzene rings is 1. The number of carbonyl (C=O) groups excluding carboxylic acids is 1. The molecule has 6 heteroatoms. The largest absolute Gasteiger partial charge is 0.338 e. The summed E-state index contributed by atoms with van der Waals surface area (Å²) in [4.78, 5) is 16.4. The summed E-state index contributed by atoms with van der Waals surface area (Å²) in [5, 5.41) is 2.79. The summed E-state index contributed by atoms with van der Waals surface area (Å²) >= 11 is 0. The summed E-state index contributed by atoms with van der Waals surface area (Å²) in [6.07, 6.45) is 3.78. The second kappa shape index (κ2) is 9.57. The summed E-state index contributed by atoms with van der Waals surface area (Å²) in [6.45, 7) is 6.95. The van der Waals surface area contributed by atoms with Crippen LogP contribution in [0.1, 0.15) is 31.7 Å². The lowest BCUT2D eigenvalue weighted by molar-refractivity contribution is 0.196. The van der Waals surface area contributed by atoms with E-state index in [1.165, 1.54) is 18.9 Å². The summed E-state index contributed by atoms with van der Waals surface area (Å²) in [6, 6.07) is 3.24. The monoisotopic (exact) mass is 339 g/mol. The Morgan fingerprint density at radius 3 is 2.75 bits per heavy atom. The highest BCUT2D eigenvalue weighted by Crippen LogP contribution is 2.10. The molecule has 0 atom stereocenters. The van der Waals surface area contributed by atoms with Crippen LogP contribution in [-0.4, -0.2) is 55.1 Å². The number of carbonyl (C=O) groups is 1. The molecule has 1 fully saturated rings. The third-order valence-electron chi connectivity index (χ3n) is 4.45. The first kappa shape index (κ1) is 18.6. The van der Waals surface area contributed by atoms with E-state index < -0.39 is 11.6 Å². The molecule has 1 saturated heterocycles. The number of hydrogen-bond acceptors (Lipinski definition) is 2. The molecule has 24 heavy (non-hydrogen) atoms. The van der Waals surface area contributed by atoms with Crippen molar-refractivity contribution in [2.45, 2.75) is 32.6 Å². The molecule has 1 aliphatic rings. The van der Waals surface area contributed by atoms with Gasteiger partial charge in [-0.05, 0) is 76.0 Å². The Balaban J connectivity index is 1.69. The molecule has 1 aromatic rings. The number of rotatable bonds is 8. The third kappa shape index (κ3) is 5.74. The minimum Gasteiger partial charge on any atom is -0.338 e. The number of nitrogens with zero attached hydrogens (tertiary/aromatic N) is 2. The number of urea groups is 1. The van der Waals surface area contributed by atoms with Crippen molar-refractivity contribution in [2.24, 2.45) is 0 Å². The molecule has 4 nitrogen and oxygen atoms in total. The minimum absolute atomic E-state index is 0.143. The van der Waals surface area contributed by atoms with Gasteiger partial charge in [-0.15, -0.1) is 0 Å². The molecular weight excluding hydrogens is 312 g/mol. The van der Waals surface area contributed by atoms with Gasteiger partial charge in [0, 0.05) is 19.6 Å². The van der Waals surface area contributed by atoms with Crippen molar-refractivity contribution < 1.29 is 13.6 Å². The van der Waals surface area contributed by atoms with Crippen LogP contribution in [-0.2, 0) is 6.42 Å². The molecule has 1 aliphatic heterocycles. The predicted octanol–water partition coefficient (Wildman–Crippen LogP) is 3.02. The van der Waals surface area contributed by atoms with Crippen LogP contribution in [0.25, 0.3) is 0 Å². The quantitative estimate of drug-likeness (QED) is 0.790. The number of nitrogens with one attached hydrogen (secondary N) is 1. The zero-order valence-corrected chi connectivity index (χ0v) is 14.4. The van der Waals surface area contributed by atoms with Gasteiger partial charge in [0.05, 0.1) is 0 Å². The molecule has 1 aromatic carbocycles. The second-order valence-electron chi connectivity index (χ2n) is 6.20. The van der Waals surface area contributed by atoms with Gasteiger partial charge in [-0.25, -0.2) is 13.6 Å². The normalized spacial score (nSPS) is 14.8. The van der Waals surface area contributed by atoms with Crippen LogP contribution in [0.5, 0.6) is 0 Å². The van der Waals surface area contributed by atoms with Gasteiger partial charge in [-0.1, -0.05) is 0 Å². The minimum atomic E-state index is -0.463. The maximum Gasteiger partial charge on any atom is 0.317 e. The van der Waals surface area contributed by atoms with E-state index in [4.69, 9.17) is 0 Å². The Kier molecular flexibility index (Phi) is 7.43. The lowest BCUT2D eigenvalue weighted by Gasteiger charge is -2.23. The van der Waals surface area contributed by atoms with Crippen molar-refractivity contribution in [3.05, 3.63) is 35.4 Å². The molecular formula is C18H27F2N3O. The first-order chi connectivity index (χ1) is 11.6. The van der Waals surface area contributed by atoms with Crippen LogP contribution in [0, 0.1) is 11.6 Å². The fourth-order valence-electron chi connectivity index (χ4n) is 3.05. The molecule has 0 aromatic heterocycles. The zero-order chi connectivity index (χ0) is 17.4. The number of hydrogen-bond donors (Lipinski definition) is 1. The third-order valence-corrected chi connectivity index (χ3v) is 4.45. The summed E-state index contributed by atoms with van der Waals surface area (Å²) in [5.74, 6) is -0.904. The van der Waals surface area contributed by atoms with Crippen LogP contribution in [0.15, 0.2) is 18.2 Å². The van der Waals surface area contributed by atoms with Gasteiger partial charge < -0.3 is 15.1 Å². The topological polar surface area (TPSA) is 35.6 Å². The SMILES string of the molecule is CCN(CCCN1CCCC1)C(=O)NCCc1cc(F)ccc1F. The average molecular weight is 339 g/mol. The zero-order valence-electron chi connectivity index (χ0n) is 14.4. The molecule has 0 bridgehead atoms. The Bertz CT molecular complexity index is 533. The van der Waals surface area contributed by atoms with Gasteiger partial charge in [0.1, 0.15) is 11.6 Å². The fraction of sp³-hybridized carbons (Fsp3) is 0.611. The summed E-state index contributed by atoms with van der Waals surface area (Å²) < 4.78 is 26.7. The van der Waals surface area contributed by atoms with Gasteiger partial charge >= 0.3 is 6.03 Å². The Morgan fingerprint density at radius 2 is 2.04 bits per heavy atom. The number of likely N-dealkylation sites (tertiary alicyclic amines) is 1. The lowest BCUT2D eigenvalue weighted by atomic mass is 10.1. The van der Waals surface area contributed by atoms with E-state index in [0.29, 0.717) is 19.6 Å². The Hall–Kier alpha value is -1.69. The van der Waals surface area contributed by atoms with Crippen molar-refractivity contribution in [3.63, 3.8) is 0 Å². The highest BCUT2D eigenvalue weighted by Gasteiger charge is 2.14. The van der Waals surface area contributed by atoms with E-state index in [2.05, 4.69) is 10.2 Å². The second-order valence-corrected chi connectivity index (χ2v) is 6.20. The van der Waals surface area contributed by atoms with Crippen LogP contribution >= 0.6 is 0 Å². The molecule has 0 aliphatic carbocycles. The van der Waals surface area contributed by atoms with Crippen LogP contribution in [0.3, 0.4) is 0 Å². The van der Waals surface area contributed by atoms with Crippen molar-refractivity contribution >= 4 is 6.03 Å². The van der Waals surface area contributed by atoms with Crippen molar-refractivity contribution in [1.82, 2.24) is 15.1 Å². The molecule has 0 radical (unpaired) electrons. The molecule has 1 heterocycles. The van der Waals surface area contributed by atoms with E-state index in [0.717, 1.165) is 38.2 Å². The van der Waals surface area contributed by atoms with Crippen LogP contribution in [0.4, 0.5) is 13.6 Å². The van der Waals surface area contributed by atoms with Crippen molar-refractivity contribution in [1.29, 1.82) is 0 Å². The number of amides is 2. The molecule has 0 spiro atoms. The van der Waals surface area contributed by atoms with Crippen molar-refractivity contribution in [3.8, 4) is 0 Å². The predicted molar refractivity (Wildman–Crippen MR) is 91.0 cm³/mol. The summed E-state index contributed by atoms with van der Waals surface area (Å²) in [5.41, 5.74) is 0.285. The average Bonchev–Trinajstić information content (AvgIpc) is 3.08. The first-order valence-corrected chi connectivity index (χ1v) is 8.79. The van der Waals surface area contributed by atoms with Gasteiger partial charge in [0.25, 0.3) is 0 Å². The van der Waals surface area contributed by atoms with E-state index in [1.54, 1.807) is 4.90 Å². The van der Waals surface area contributed by atoms with Crippen LogP contribution < -0.4 is 5.32 Å². The molecule has 2 amide bonds. The van der Waals surface area contributed by atoms with Gasteiger partial charge in [0.2, 0.25) is 0 Å². The van der Waals surface area contributed by atoms with Gasteiger partial charge in [-0.3, -0.25) is 0 Å². The Morgan fingerprint density at radius 1 is 1.29 bits per heavy atom. The molecule has 2 rings (SSSR count). The van der Waals surface area contributed by atoms with E-state index in [-0.39, 0.29) is 18.0 Å². The molecule has 134 valence electrons. The molecule has 0 saturated carbocycles. The highest BCUT2D eigenvalue weighted by atomic mass is 19.1. The number of halogens is 2. The maximum absolute atomic E-state index is 13.5. The maximum atomic E-state index is 13.5. The van der Waals surface area contributed by atoms with E-state index >= 15 is 0 Å².